The Labute approximate surface area is 150 Å². The molecule has 2 aliphatic rings. The van der Waals surface area contributed by atoms with Gasteiger partial charge in [-0.25, -0.2) is 0 Å². The molecule has 2 aromatic rings. The van der Waals surface area contributed by atoms with E-state index in [-0.39, 0.29) is 5.92 Å². The number of carbonyl (C=O) groups is 1. The summed E-state index contributed by atoms with van der Waals surface area (Å²) in [5.74, 6) is 0.642. The van der Waals surface area contributed by atoms with Crippen LogP contribution in [0.5, 0.6) is 0 Å². The summed E-state index contributed by atoms with van der Waals surface area (Å²) in [5.41, 5.74) is 1.32. The molecule has 4 rings (SSSR count). The first-order valence-electron chi connectivity index (χ1n) is 9.84. The predicted octanol–water partition coefficient (Wildman–Crippen LogP) is 4.46. The van der Waals surface area contributed by atoms with E-state index in [2.05, 4.69) is 52.3 Å². The molecule has 2 heterocycles. The Bertz CT molecular complexity index is 720. The molecule has 2 fully saturated rings. The minimum atomic E-state index is 0.226. The molecule has 1 amide bonds. The first kappa shape index (κ1) is 16.4. The first-order valence-corrected chi connectivity index (χ1v) is 9.84. The highest BCUT2D eigenvalue weighted by molar-refractivity contribution is 5.94. The van der Waals surface area contributed by atoms with E-state index in [1.165, 1.54) is 42.1 Å². The van der Waals surface area contributed by atoms with Crippen molar-refractivity contribution in [3.8, 4) is 0 Å². The molecule has 2 aromatic carbocycles. The van der Waals surface area contributed by atoms with Gasteiger partial charge in [0, 0.05) is 43.2 Å². The Balaban J connectivity index is 1.43. The Morgan fingerprint density at radius 2 is 1.48 bits per heavy atom. The number of carbonyl (C=O) groups excluding carboxylic acids is 1. The van der Waals surface area contributed by atoms with E-state index < -0.39 is 0 Å². The number of hydrogen-bond acceptors (Lipinski definition) is 2. The van der Waals surface area contributed by atoms with Crippen LogP contribution >= 0.6 is 0 Å². The fourth-order valence-electron chi connectivity index (χ4n) is 4.40. The summed E-state index contributed by atoms with van der Waals surface area (Å²) in [6, 6.07) is 15.1. The van der Waals surface area contributed by atoms with Crippen molar-refractivity contribution in [3.63, 3.8) is 0 Å². The molecule has 0 radical (unpaired) electrons. The molecule has 25 heavy (non-hydrogen) atoms. The van der Waals surface area contributed by atoms with Crippen LogP contribution in [0.1, 0.15) is 38.5 Å². The van der Waals surface area contributed by atoms with E-state index in [9.17, 15) is 4.79 Å². The molecule has 132 valence electrons. The second-order valence-electron chi connectivity index (χ2n) is 7.50. The highest BCUT2D eigenvalue weighted by Gasteiger charge is 2.29. The molecular weight excluding hydrogens is 308 g/mol. The van der Waals surface area contributed by atoms with Crippen molar-refractivity contribution in [3.05, 3.63) is 42.5 Å². The average Bonchev–Trinajstić information content (AvgIpc) is 2.97. The lowest BCUT2D eigenvalue weighted by molar-refractivity contribution is -0.136. The van der Waals surface area contributed by atoms with E-state index >= 15 is 0 Å². The molecule has 0 N–H and O–H groups in total. The second-order valence-corrected chi connectivity index (χ2v) is 7.50. The summed E-state index contributed by atoms with van der Waals surface area (Å²) < 4.78 is 0. The van der Waals surface area contributed by atoms with Crippen LogP contribution in [0.2, 0.25) is 0 Å². The molecule has 0 saturated carbocycles. The third-order valence-corrected chi connectivity index (χ3v) is 5.87. The standard InChI is InChI=1S/C22H28N2O/c25-22(24-14-5-1-2-6-15-24)19-12-16-23(17-13-19)21-11-7-9-18-8-3-4-10-20(18)21/h3-4,7-11,19H,1-2,5-6,12-17H2. The Morgan fingerprint density at radius 1 is 0.800 bits per heavy atom. The molecule has 2 saturated heterocycles. The van der Waals surface area contributed by atoms with Gasteiger partial charge in [-0.05, 0) is 37.1 Å². The zero-order valence-electron chi connectivity index (χ0n) is 15.0. The van der Waals surface area contributed by atoms with E-state index in [1.54, 1.807) is 0 Å². The highest BCUT2D eigenvalue weighted by Crippen LogP contribution is 2.31. The SMILES string of the molecule is O=C(C1CCN(c2cccc3ccccc23)CC1)N1CCCCCC1. The van der Waals surface area contributed by atoms with Gasteiger partial charge in [-0.15, -0.1) is 0 Å². The van der Waals surface area contributed by atoms with E-state index in [0.717, 1.165) is 39.0 Å². The first-order chi connectivity index (χ1) is 12.3. The molecule has 0 spiro atoms. The molecule has 0 aromatic heterocycles. The van der Waals surface area contributed by atoms with Crippen LogP contribution in [0.25, 0.3) is 10.8 Å². The lowest BCUT2D eigenvalue weighted by Crippen LogP contribution is -2.43. The molecule has 0 atom stereocenters. The number of anilines is 1. The molecule has 2 aliphatic heterocycles. The molecular formula is C22H28N2O. The van der Waals surface area contributed by atoms with Crippen molar-refractivity contribution in [1.29, 1.82) is 0 Å². The molecule has 0 unspecified atom stereocenters. The average molecular weight is 336 g/mol. The molecule has 0 bridgehead atoms. The third-order valence-electron chi connectivity index (χ3n) is 5.87. The smallest absolute Gasteiger partial charge is 0.225 e. The van der Waals surface area contributed by atoms with Gasteiger partial charge in [-0.1, -0.05) is 49.2 Å². The lowest BCUT2D eigenvalue weighted by Gasteiger charge is -2.35. The third kappa shape index (κ3) is 3.51. The monoisotopic (exact) mass is 336 g/mol. The quantitative estimate of drug-likeness (QED) is 0.808. The van der Waals surface area contributed by atoms with E-state index in [4.69, 9.17) is 0 Å². The summed E-state index contributed by atoms with van der Waals surface area (Å²) in [6.07, 6.45) is 6.89. The maximum Gasteiger partial charge on any atom is 0.225 e. The summed E-state index contributed by atoms with van der Waals surface area (Å²) in [4.78, 5) is 17.5. The van der Waals surface area contributed by atoms with Crippen molar-refractivity contribution in [2.24, 2.45) is 5.92 Å². The van der Waals surface area contributed by atoms with Gasteiger partial charge in [-0.3, -0.25) is 4.79 Å². The van der Waals surface area contributed by atoms with E-state index in [0.29, 0.717) is 5.91 Å². The summed E-state index contributed by atoms with van der Waals surface area (Å²) in [5, 5.41) is 2.62. The van der Waals surface area contributed by atoms with Crippen molar-refractivity contribution >= 4 is 22.4 Å². The number of fused-ring (bicyclic) bond motifs is 1. The topological polar surface area (TPSA) is 23.6 Å². The van der Waals surface area contributed by atoms with Crippen LogP contribution in [0.4, 0.5) is 5.69 Å². The minimum absolute atomic E-state index is 0.226. The molecule has 0 aliphatic carbocycles. The van der Waals surface area contributed by atoms with Gasteiger partial charge in [0.05, 0.1) is 0 Å². The largest absolute Gasteiger partial charge is 0.371 e. The van der Waals surface area contributed by atoms with Crippen LogP contribution in [0.15, 0.2) is 42.5 Å². The number of nitrogens with zero attached hydrogens (tertiary/aromatic N) is 2. The van der Waals surface area contributed by atoms with Gasteiger partial charge in [-0.2, -0.15) is 0 Å². The Morgan fingerprint density at radius 3 is 2.24 bits per heavy atom. The number of hydrogen-bond donors (Lipinski definition) is 0. The lowest BCUT2D eigenvalue weighted by atomic mass is 9.94. The summed E-state index contributed by atoms with van der Waals surface area (Å²) >= 11 is 0. The second kappa shape index (κ2) is 7.47. The van der Waals surface area contributed by atoms with Gasteiger partial charge >= 0.3 is 0 Å². The van der Waals surface area contributed by atoms with Crippen LogP contribution in [0, 0.1) is 5.92 Å². The maximum atomic E-state index is 12.9. The van der Waals surface area contributed by atoms with Crippen molar-refractivity contribution in [1.82, 2.24) is 4.90 Å². The fraction of sp³-hybridized carbons (Fsp3) is 0.500. The Hall–Kier alpha value is -2.03. The van der Waals surface area contributed by atoms with Crippen molar-refractivity contribution in [2.45, 2.75) is 38.5 Å². The van der Waals surface area contributed by atoms with Gasteiger partial charge in [0.25, 0.3) is 0 Å². The zero-order chi connectivity index (χ0) is 17.1. The van der Waals surface area contributed by atoms with Crippen molar-refractivity contribution < 1.29 is 4.79 Å². The number of likely N-dealkylation sites (tertiary alicyclic amines) is 1. The van der Waals surface area contributed by atoms with Crippen molar-refractivity contribution in [2.75, 3.05) is 31.1 Å². The number of piperidine rings is 1. The zero-order valence-corrected chi connectivity index (χ0v) is 15.0. The maximum absolute atomic E-state index is 12.9. The minimum Gasteiger partial charge on any atom is -0.371 e. The molecule has 3 nitrogen and oxygen atoms in total. The number of benzene rings is 2. The summed E-state index contributed by atoms with van der Waals surface area (Å²) in [6.45, 7) is 3.92. The van der Waals surface area contributed by atoms with Crippen LogP contribution < -0.4 is 4.90 Å². The van der Waals surface area contributed by atoms with E-state index in [1.807, 2.05) is 0 Å². The van der Waals surface area contributed by atoms with Gasteiger partial charge in [0.2, 0.25) is 5.91 Å². The van der Waals surface area contributed by atoms with Gasteiger partial charge in [0.1, 0.15) is 0 Å². The fourth-order valence-corrected chi connectivity index (χ4v) is 4.40. The van der Waals surface area contributed by atoms with Gasteiger partial charge < -0.3 is 9.80 Å². The summed E-state index contributed by atoms with van der Waals surface area (Å²) in [7, 11) is 0. The number of amides is 1. The molecule has 3 heteroatoms. The Kier molecular flexibility index (Phi) is 4.91. The van der Waals surface area contributed by atoms with Gasteiger partial charge in [0.15, 0.2) is 0 Å². The highest BCUT2D eigenvalue weighted by atomic mass is 16.2. The normalized spacial score (nSPS) is 19.8. The number of rotatable bonds is 2. The predicted molar refractivity (Wildman–Crippen MR) is 104 cm³/mol. The van der Waals surface area contributed by atoms with Crippen LogP contribution in [-0.2, 0) is 4.79 Å². The van der Waals surface area contributed by atoms with Crippen LogP contribution in [0.3, 0.4) is 0 Å². The van der Waals surface area contributed by atoms with Crippen LogP contribution in [-0.4, -0.2) is 37.0 Å².